The van der Waals surface area contributed by atoms with Crippen LogP contribution >= 0.6 is 0 Å². The SMILES string of the molecule is COc1ccccc1NC(=O)c1ccc(NC(=O)COC(=O)CCC(=O)c2ccccc2)cc1. The molecule has 0 aliphatic carbocycles. The van der Waals surface area contributed by atoms with Gasteiger partial charge in [0.1, 0.15) is 5.75 Å². The predicted molar refractivity (Wildman–Crippen MR) is 127 cm³/mol. The van der Waals surface area contributed by atoms with Gasteiger partial charge < -0.3 is 20.1 Å². The van der Waals surface area contributed by atoms with E-state index in [2.05, 4.69) is 10.6 Å². The normalized spacial score (nSPS) is 10.1. The predicted octanol–water partition coefficient (Wildman–Crippen LogP) is 4.09. The fraction of sp³-hybridized carbons (Fsp3) is 0.154. The minimum atomic E-state index is -0.636. The average molecular weight is 460 g/mol. The smallest absolute Gasteiger partial charge is 0.306 e. The molecule has 3 aromatic rings. The Morgan fingerprint density at radius 3 is 2.12 bits per heavy atom. The van der Waals surface area contributed by atoms with E-state index >= 15 is 0 Å². The zero-order valence-corrected chi connectivity index (χ0v) is 18.6. The summed E-state index contributed by atoms with van der Waals surface area (Å²) in [6.07, 6.45) is -0.111. The van der Waals surface area contributed by atoms with E-state index in [1.807, 2.05) is 0 Å². The van der Waals surface area contributed by atoms with Crippen LogP contribution in [-0.4, -0.2) is 37.3 Å². The number of nitrogens with one attached hydrogen (secondary N) is 2. The molecule has 0 heterocycles. The Bertz CT molecular complexity index is 1160. The Morgan fingerprint density at radius 1 is 0.735 bits per heavy atom. The van der Waals surface area contributed by atoms with Crippen LogP contribution in [0.25, 0.3) is 0 Å². The molecule has 0 aliphatic heterocycles. The second kappa shape index (κ2) is 12.0. The molecule has 0 unspecified atom stereocenters. The second-order valence-corrected chi connectivity index (χ2v) is 7.23. The number of ether oxygens (including phenoxy) is 2. The topological polar surface area (TPSA) is 111 Å². The van der Waals surface area contributed by atoms with Crippen molar-refractivity contribution < 1.29 is 28.7 Å². The molecule has 3 aromatic carbocycles. The number of carbonyl (C=O) groups excluding carboxylic acids is 4. The fourth-order valence-corrected chi connectivity index (χ4v) is 3.05. The number of para-hydroxylation sites is 2. The van der Waals surface area contributed by atoms with Gasteiger partial charge in [0.25, 0.3) is 11.8 Å². The summed E-state index contributed by atoms with van der Waals surface area (Å²) in [6, 6.07) is 21.9. The summed E-state index contributed by atoms with van der Waals surface area (Å²) in [6.45, 7) is -0.478. The first-order chi connectivity index (χ1) is 16.5. The number of amides is 2. The summed E-state index contributed by atoms with van der Waals surface area (Å²) in [5.41, 5.74) is 1.89. The van der Waals surface area contributed by atoms with Crippen LogP contribution in [0.4, 0.5) is 11.4 Å². The van der Waals surface area contributed by atoms with Gasteiger partial charge in [0.15, 0.2) is 12.4 Å². The molecule has 8 heteroatoms. The van der Waals surface area contributed by atoms with Crippen LogP contribution in [0.3, 0.4) is 0 Å². The number of hydrogen-bond acceptors (Lipinski definition) is 6. The Kier molecular flexibility index (Phi) is 8.51. The van der Waals surface area contributed by atoms with Crippen LogP contribution in [-0.2, 0) is 14.3 Å². The number of ketones is 1. The summed E-state index contributed by atoms with van der Waals surface area (Å²) >= 11 is 0. The van der Waals surface area contributed by atoms with E-state index in [9.17, 15) is 19.2 Å². The van der Waals surface area contributed by atoms with Crippen molar-refractivity contribution in [3.63, 3.8) is 0 Å². The van der Waals surface area contributed by atoms with E-state index in [1.165, 1.54) is 7.11 Å². The molecule has 2 amide bonds. The Balaban J connectivity index is 1.43. The van der Waals surface area contributed by atoms with Crippen molar-refractivity contribution in [2.24, 2.45) is 0 Å². The molecular weight excluding hydrogens is 436 g/mol. The zero-order valence-electron chi connectivity index (χ0n) is 18.6. The minimum Gasteiger partial charge on any atom is -0.495 e. The van der Waals surface area contributed by atoms with E-state index in [1.54, 1.807) is 78.9 Å². The van der Waals surface area contributed by atoms with Crippen LogP contribution in [0.5, 0.6) is 5.75 Å². The third kappa shape index (κ3) is 7.03. The van der Waals surface area contributed by atoms with Crippen molar-refractivity contribution in [2.45, 2.75) is 12.8 Å². The summed E-state index contributed by atoms with van der Waals surface area (Å²) in [5.74, 6) is -1.13. The number of anilines is 2. The standard InChI is InChI=1S/C26H24N2O6/c1-33-23-10-6-5-9-21(23)28-26(32)19-11-13-20(14-12-19)27-24(30)17-34-25(31)16-15-22(29)18-7-3-2-4-8-18/h2-14H,15-17H2,1H3,(H,27,30)(H,28,32). The van der Waals surface area contributed by atoms with Crippen molar-refractivity contribution in [3.05, 3.63) is 90.0 Å². The summed E-state index contributed by atoms with van der Waals surface area (Å²) in [7, 11) is 1.52. The van der Waals surface area contributed by atoms with Gasteiger partial charge in [0, 0.05) is 23.2 Å². The van der Waals surface area contributed by atoms with Crippen LogP contribution in [0.1, 0.15) is 33.6 Å². The quantitative estimate of drug-likeness (QED) is 0.348. The molecule has 0 saturated heterocycles. The molecule has 8 nitrogen and oxygen atoms in total. The van der Waals surface area contributed by atoms with Crippen molar-refractivity contribution >= 4 is 34.9 Å². The van der Waals surface area contributed by atoms with E-state index < -0.39 is 18.5 Å². The van der Waals surface area contributed by atoms with Crippen molar-refractivity contribution in [3.8, 4) is 5.75 Å². The summed E-state index contributed by atoms with van der Waals surface area (Å²) in [5, 5.41) is 5.36. The fourth-order valence-electron chi connectivity index (χ4n) is 3.05. The zero-order chi connectivity index (χ0) is 24.3. The van der Waals surface area contributed by atoms with Gasteiger partial charge in [-0.25, -0.2) is 0 Å². The minimum absolute atomic E-state index is 0.00283. The number of carbonyl (C=O) groups is 4. The van der Waals surface area contributed by atoms with E-state index in [0.29, 0.717) is 28.3 Å². The third-order valence-corrected chi connectivity index (χ3v) is 4.80. The molecule has 2 N–H and O–H groups in total. The molecule has 0 radical (unpaired) electrons. The number of methoxy groups -OCH3 is 1. The maximum Gasteiger partial charge on any atom is 0.306 e. The van der Waals surface area contributed by atoms with Crippen molar-refractivity contribution in [1.82, 2.24) is 0 Å². The number of rotatable bonds is 10. The highest BCUT2D eigenvalue weighted by Gasteiger charge is 2.13. The monoisotopic (exact) mass is 460 g/mol. The number of esters is 1. The molecule has 34 heavy (non-hydrogen) atoms. The largest absolute Gasteiger partial charge is 0.495 e. The Labute approximate surface area is 196 Å². The molecule has 0 bridgehead atoms. The van der Waals surface area contributed by atoms with E-state index in [4.69, 9.17) is 9.47 Å². The van der Waals surface area contributed by atoms with Gasteiger partial charge in [-0.1, -0.05) is 42.5 Å². The van der Waals surface area contributed by atoms with Crippen LogP contribution < -0.4 is 15.4 Å². The molecule has 0 atom stereocenters. The van der Waals surface area contributed by atoms with Crippen molar-refractivity contribution in [2.75, 3.05) is 24.4 Å². The van der Waals surface area contributed by atoms with Gasteiger partial charge >= 0.3 is 5.97 Å². The lowest BCUT2D eigenvalue weighted by Crippen LogP contribution is -2.21. The average Bonchev–Trinajstić information content (AvgIpc) is 2.87. The first-order valence-corrected chi connectivity index (χ1v) is 10.5. The van der Waals surface area contributed by atoms with Gasteiger partial charge in [-0.3, -0.25) is 19.2 Å². The van der Waals surface area contributed by atoms with E-state index in [-0.39, 0.29) is 24.5 Å². The molecule has 174 valence electrons. The first-order valence-electron chi connectivity index (χ1n) is 10.5. The maximum absolute atomic E-state index is 12.5. The molecule has 0 saturated carbocycles. The van der Waals surface area contributed by atoms with Gasteiger partial charge in [0.05, 0.1) is 19.2 Å². The molecule has 0 fully saturated rings. The lowest BCUT2D eigenvalue weighted by molar-refractivity contribution is -0.147. The maximum atomic E-state index is 12.5. The van der Waals surface area contributed by atoms with E-state index in [0.717, 1.165) is 0 Å². The number of hydrogen-bond donors (Lipinski definition) is 2. The first kappa shape index (κ1) is 24.2. The van der Waals surface area contributed by atoms with Crippen LogP contribution in [0.15, 0.2) is 78.9 Å². The molecule has 0 aliphatic rings. The molecule has 0 aromatic heterocycles. The summed E-state index contributed by atoms with van der Waals surface area (Å²) in [4.78, 5) is 48.4. The summed E-state index contributed by atoms with van der Waals surface area (Å²) < 4.78 is 10.2. The van der Waals surface area contributed by atoms with Crippen LogP contribution in [0, 0.1) is 0 Å². The highest BCUT2D eigenvalue weighted by atomic mass is 16.5. The van der Waals surface area contributed by atoms with Gasteiger partial charge in [-0.15, -0.1) is 0 Å². The lowest BCUT2D eigenvalue weighted by Gasteiger charge is -2.10. The van der Waals surface area contributed by atoms with Gasteiger partial charge in [0.2, 0.25) is 0 Å². The van der Waals surface area contributed by atoms with Gasteiger partial charge in [-0.2, -0.15) is 0 Å². The second-order valence-electron chi connectivity index (χ2n) is 7.23. The highest BCUT2D eigenvalue weighted by molar-refractivity contribution is 6.05. The lowest BCUT2D eigenvalue weighted by atomic mass is 10.1. The van der Waals surface area contributed by atoms with Gasteiger partial charge in [-0.05, 0) is 36.4 Å². The Hall–Kier alpha value is -4.46. The molecule has 0 spiro atoms. The van der Waals surface area contributed by atoms with Crippen molar-refractivity contribution in [1.29, 1.82) is 0 Å². The number of Topliss-reactive ketones (excluding diaryl/α,β-unsaturated/α-hetero) is 1. The highest BCUT2D eigenvalue weighted by Crippen LogP contribution is 2.23. The molecule has 3 rings (SSSR count). The molecular formula is C26H24N2O6. The Morgan fingerprint density at radius 2 is 1.41 bits per heavy atom. The third-order valence-electron chi connectivity index (χ3n) is 4.80. The number of benzene rings is 3. The van der Waals surface area contributed by atoms with Crippen LogP contribution in [0.2, 0.25) is 0 Å².